The zero-order chi connectivity index (χ0) is 18.9. The smallest absolute Gasteiger partial charge is 0.233 e. The van der Waals surface area contributed by atoms with Crippen molar-refractivity contribution in [1.82, 2.24) is 5.32 Å². The lowest BCUT2D eigenvalue weighted by atomic mass is 10.1. The van der Waals surface area contributed by atoms with E-state index in [0.717, 1.165) is 21.8 Å². The van der Waals surface area contributed by atoms with E-state index < -0.39 is 0 Å². The van der Waals surface area contributed by atoms with Gasteiger partial charge in [-0.3, -0.25) is 4.79 Å². The zero-order valence-corrected chi connectivity index (χ0v) is 16.1. The summed E-state index contributed by atoms with van der Waals surface area (Å²) >= 11 is 1.56. The summed E-state index contributed by atoms with van der Waals surface area (Å²) in [7, 11) is 0. The quantitative estimate of drug-likeness (QED) is 0.541. The molecule has 0 saturated carbocycles. The van der Waals surface area contributed by atoms with Gasteiger partial charge in [0, 0.05) is 11.4 Å². The Labute approximate surface area is 163 Å². The Morgan fingerprint density at radius 1 is 1.04 bits per heavy atom. The van der Waals surface area contributed by atoms with Gasteiger partial charge in [-0.1, -0.05) is 42.5 Å². The Balaban J connectivity index is 1.45. The van der Waals surface area contributed by atoms with Gasteiger partial charge in [0.25, 0.3) is 0 Å². The molecule has 0 aliphatic carbocycles. The molecule has 1 heterocycles. The number of hydrogen-bond donors (Lipinski definition) is 1. The second kappa shape index (κ2) is 10.00. The van der Waals surface area contributed by atoms with Crippen LogP contribution in [0, 0.1) is 0 Å². The fraction of sp³-hybridized carbons (Fsp3) is 0.227. The van der Waals surface area contributed by atoms with Gasteiger partial charge in [0.2, 0.25) is 5.91 Å². The second-order valence-electron chi connectivity index (χ2n) is 6.18. The Bertz CT molecular complexity index is 834. The average Bonchev–Trinajstić information content (AvgIpc) is 3.21. The van der Waals surface area contributed by atoms with Crippen LogP contribution in [0.2, 0.25) is 0 Å². The first-order valence-corrected chi connectivity index (χ1v) is 9.76. The van der Waals surface area contributed by atoms with Crippen molar-refractivity contribution in [2.45, 2.75) is 36.8 Å². The van der Waals surface area contributed by atoms with Crippen LogP contribution in [0.5, 0.6) is 0 Å². The first kappa shape index (κ1) is 19.3. The van der Waals surface area contributed by atoms with Crippen LogP contribution in [0.4, 0.5) is 0 Å². The summed E-state index contributed by atoms with van der Waals surface area (Å²) in [4.78, 5) is 13.4. The van der Waals surface area contributed by atoms with Gasteiger partial charge >= 0.3 is 0 Å². The maximum Gasteiger partial charge on any atom is 0.233 e. The van der Waals surface area contributed by atoms with Gasteiger partial charge in [-0.2, -0.15) is 0 Å². The van der Waals surface area contributed by atoms with Crippen molar-refractivity contribution < 1.29 is 13.9 Å². The maximum atomic E-state index is 12.3. The Kier molecular flexibility index (Phi) is 7.13. The lowest BCUT2D eigenvalue weighted by Crippen LogP contribution is -2.30. The number of furan rings is 1. The van der Waals surface area contributed by atoms with Crippen molar-refractivity contribution in [3.63, 3.8) is 0 Å². The Morgan fingerprint density at radius 2 is 1.85 bits per heavy atom. The molecule has 1 aromatic heterocycles. The van der Waals surface area contributed by atoms with E-state index in [1.165, 1.54) is 0 Å². The lowest BCUT2D eigenvalue weighted by molar-refractivity contribution is -0.120. The lowest BCUT2D eigenvalue weighted by Gasteiger charge is -2.12. The minimum Gasteiger partial charge on any atom is -0.467 e. The summed E-state index contributed by atoms with van der Waals surface area (Å²) in [5.41, 5.74) is 2.12. The average molecular weight is 381 g/mol. The molecule has 0 saturated heterocycles. The highest BCUT2D eigenvalue weighted by molar-refractivity contribution is 8.00. The van der Waals surface area contributed by atoms with Crippen LogP contribution >= 0.6 is 11.8 Å². The van der Waals surface area contributed by atoms with Crippen molar-refractivity contribution in [2.24, 2.45) is 0 Å². The van der Waals surface area contributed by atoms with Crippen LogP contribution in [0.15, 0.2) is 82.3 Å². The standard InChI is InChI=1S/C22H23NO3S/c1-17(27-21-10-3-2-4-11-21)22(24)23-14-18-7-5-8-19(13-18)15-25-16-20-9-6-12-26-20/h2-13,17H,14-16H2,1H3,(H,23,24). The summed E-state index contributed by atoms with van der Waals surface area (Å²) < 4.78 is 10.9. The molecule has 0 aliphatic heterocycles. The fourth-order valence-electron chi connectivity index (χ4n) is 2.58. The monoisotopic (exact) mass is 381 g/mol. The number of rotatable bonds is 9. The molecule has 1 unspecified atom stereocenters. The van der Waals surface area contributed by atoms with E-state index in [0.29, 0.717) is 19.8 Å². The molecule has 27 heavy (non-hydrogen) atoms. The first-order valence-electron chi connectivity index (χ1n) is 8.88. The highest BCUT2D eigenvalue weighted by Gasteiger charge is 2.13. The van der Waals surface area contributed by atoms with Gasteiger partial charge in [0.1, 0.15) is 12.4 Å². The summed E-state index contributed by atoms with van der Waals surface area (Å²) in [5.74, 6) is 0.839. The van der Waals surface area contributed by atoms with Crippen molar-refractivity contribution in [1.29, 1.82) is 0 Å². The third kappa shape index (κ3) is 6.31. The van der Waals surface area contributed by atoms with E-state index in [2.05, 4.69) is 11.4 Å². The van der Waals surface area contributed by atoms with Crippen LogP contribution in [-0.4, -0.2) is 11.2 Å². The molecule has 1 atom stereocenters. The van der Waals surface area contributed by atoms with E-state index in [-0.39, 0.29) is 11.2 Å². The normalized spacial score (nSPS) is 11.9. The van der Waals surface area contributed by atoms with E-state index in [1.807, 2.05) is 67.6 Å². The van der Waals surface area contributed by atoms with Gasteiger partial charge in [-0.15, -0.1) is 11.8 Å². The summed E-state index contributed by atoms with van der Waals surface area (Å²) in [6, 6.07) is 21.7. The van der Waals surface area contributed by atoms with Gasteiger partial charge in [0.15, 0.2) is 0 Å². The number of ether oxygens (including phenoxy) is 1. The molecule has 0 bridgehead atoms. The zero-order valence-electron chi connectivity index (χ0n) is 15.3. The minimum atomic E-state index is -0.146. The molecule has 5 heteroatoms. The van der Waals surface area contributed by atoms with Crippen molar-refractivity contribution in [2.75, 3.05) is 0 Å². The highest BCUT2D eigenvalue weighted by Crippen LogP contribution is 2.22. The highest BCUT2D eigenvalue weighted by atomic mass is 32.2. The molecule has 0 radical (unpaired) electrons. The van der Waals surface area contributed by atoms with Crippen molar-refractivity contribution in [3.05, 3.63) is 89.9 Å². The molecular weight excluding hydrogens is 358 g/mol. The molecule has 1 amide bonds. The number of nitrogens with one attached hydrogen (secondary N) is 1. The molecule has 0 aliphatic rings. The number of carbonyl (C=O) groups excluding carboxylic acids is 1. The number of benzene rings is 2. The molecule has 3 aromatic rings. The number of carbonyl (C=O) groups is 1. The first-order chi connectivity index (χ1) is 13.2. The third-order valence-corrected chi connectivity index (χ3v) is 5.09. The van der Waals surface area contributed by atoms with E-state index in [4.69, 9.17) is 9.15 Å². The number of hydrogen-bond acceptors (Lipinski definition) is 4. The minimum absolute atomic E-state index is 0.0309. The van der Waals surface area contributed by atoms with Crippen LogP contribution in [0.3, 0.4) is 0 Å². The molecule has 140 valence electrons. The van der Waals surface area contributed by atoms with Gasteiger partial charge in [-0.25, -0.2) is 0 Å². The summed E-state index contributed by atoms with van der Waals surface area (Å²) in [6.45, 7) is 3.38. The van der Waals surface area contributed by atoms with Crippen LogP contribution in [0.25, 0.3) is 0 Å². The van der Waals surface area contributed by atoms with Crippen LogP contribution < -0.4 is 5.32 Å². The SMILES string of the molecule is CC(Sc1ccccc1)C(=O)NCc1cccc(COCc2ccco2)c1. The molecule has 0 spiro atoms. The largest absolute Gasteiger partial charge is 0.467 e. The second-order valence-corrected chi connectivity index (χ2v) is 7.60. The van der Waals surface area contributed by atoms with E-state index >= 15 is 0 Å². The van der Waals surface area contributed by atoms with Gasteiger partial charge < -0.3 is 14.5 Å². The van der Waals surface area contributed by atoms with Crippen molar-refractivity contribution in [3.8, 4) is 0 Å². The van der Waals surface area contributed by atoms with E-state index in [9.17, 15) is 4.79 Å². The fourth-order valence-corrected chi connectivity index (χ4v) is 3.50. The Morgan fingerprint density at radius 3 is 2.63 bits per heavy atom. The van der Waals surface area contributed by atoms with Crippen LogP contribution in [0.1, 0.15) is 23.8 Å². The predicted octanol–water partition coefficient (Wildman–Crippen LogP) is 4.79. The van der Waals surface area contributed by atoms with Gasteiger partial charge in [0.05, 0.1) is 18.1 Å². The number of thioether (sulfide) groups is 1. The molecule has 4 nitrogen and oxygen atoms in total. The van der Waals surface area contributed by atoms with Crippen molar-refractivity contribution >= 4 is 17.7 Å². The molecule has 2 aromatic carbocycles. The molecule has 1 N–H and O–H groups in total. The molecular formula is C22H23NO3S. The van der Waals surface area contributed by atoms with E-state index in [1.54, 1.807) is 18.0 Å². The molecule has 0 fully saturated rings. The summed E-state index contributed by atoms with van der Waals surface area (Å²) in [5, 5.41) is 2.86. The Hall–Kier alpha value is -2.50. The van der Waals surface area contributed by atoms with Gasteiger partial charge in [-0.05, 0) is 42.3 Å². The maximum absolute atomic E-state index is 12.3. The number of amides is 1. The molecule has 3 rings (SSSR count). The third-order valence-electron chi connectivity index (χ3n) is 3.98. The predicted molar refractivity (Wildman–Crippen MR) is 107 cm³/mol. The summed E-state index contributed by atoms with van der Waals surface area (Å²) in [6.07, 6.45) is 1.64. The van der Waals surface area contributed by atoms with Crippen LogP contribution in [-0.2, 0) is 29.3 Å². The topological polar surface area (TPSA) is 51.5 Å².